The van der Waals surface area contributed by atoms with Gasteiger partial charge in [-0.1, -0.05) is 0 Å². The zero-order valence-electron chi connectivity index (χ0n) is 17.1. The average Bonchev–Trinajstić information content (AvgIpc) is 3.00. The SMILES string of the molecule is COc1cc(OC(C)(O)c2cc(CCN(C)C)nn2C)cc(OC)c1OC. The maximum absolute atomic E-state index is 11.0. The van der Waals surface area contributed by atoms with Gasteiger partial charge in [0.15, 0.2) is 11.5 Å². The van der Waals surface area contributed by atoms with Gasteiger partial charge in [-0.15, -0.1) is 0 Å². The maximum Gasteiger partial charge on any atom is 0.248 e. The minimum atomic E-state index is -1.59. The number of ether oxygens (including phenoxy) is 4. The van der Waals surface area contributed by atoms with E-state index in [9.17, 15) is 5.11 Å². The smallest absolute Gasteiger partial charge is 0.248 e. The molecule has 0 amide bonds. The molecule has 1 aromatic heterocycles. The monoisotopic (exact) mass is 379 g/mol. The van der Waals surface area contributed by atoms with E-state index in [2.05, 4.69) is 10.00 Å². The fourth-order valence-electron chi connectivity index (χ4n) is 2.82. The molecule has 1 unspecified atom stereocenters. The van der Waals surface area contributed by atoms with Gasteiger partial charge in [-0.3, -0.25) is 4.68 Å². The van der Waals surface area contributed by atoms with Crippen LogP contribution in [0.4, 0.5) is 0 Å². The summed E-state index contributed by atoms with van der Waals surface area (Å²) < 4.78 is 23.5. The number of hydrogen-bond acceptors (Lipinski definition) is 7. The Bertz CT molecular complexity index is 746. The molecule has 2 rings (SSSR count). The molecule has 1 N–H and O–H groups in total. The third-order valence-electron chi connectivity index (χ3n) is 4.18. The minimum Gasteiger partial charge on any atom is -0.493 e. The summed E-state index contributed by atoms with van der Waals surface area (Å²) in [6, 6.07) is 5.12. The molecule has 27 heavy (non-hydrogen) atoms. The highest BCUT2D eigenvalue weighted by Gasteiger charge is 2.31. The number of aliphatic hydroxyl groups is 1. The summed E-state index contributed by atoms with van der Waals surface area (Å²) in [6.07, 6.45) is 0.779. The van der Waals surface area contributed by atoms with Crippen molar-refractivity contribution in [1.82, 2.24) is 14.7 Å². The lowest BCUT2D eigenvalue weighted by Crippen LogP contribution is -2.31. The number of aryl methyl sites for hydroxylation is 1. The van der Waals surface area contributed by atoms with Crippen LogP contribution in [0.15, 0.2) is 18.2 Å². The van der Waals surface area contributed by atoms with Gasteiger partial charge in [0.25, 0.3) is 0 Å². The van der Waals surface area contributed by atoms with E-state index in [1.54, 1.807) is 30.8 Å². The molecule has 150 valence electrons. The molecular weight excluding hydrogens is 350 g/mol. The molecule has 0 aliphatic heterocycles. The predicted octanol–water partition coefficient (Wildman–Crippen LogP) is 1.79. The largest absolute Gasteiger partial charge is 0.493 e. The molecular formula is C19H29N3O5. The predicted molar refractivity (Wildman–Crippen MR) is 102 cm³/mol. The molecule has 8 nitrogen and oxygen atoms in total. The molecule has 0 aliphatic rings. The van der Waals surface area contributed by atoms with Crippen molar-refractivity contribution in [3.8, 4) is 23.0 Å². The quantitative estimate of drug-likeness (QED) is 0.666. The zero-order valence-corrected chi connectivity index (χ0v) is 17.1. The normalized spacial score (nSPS) is 13.4. The Kier molecular flexibility index (Phi) is 6.56. The van der Waals surface area contributed by atoms with Gasteiger partial charge >= 0.3 is 0 Å². The van der Waals surface area contributed by atoms with Crippen LogP contribution in [0.5, 0.6) is 23.0 Å². The molecule has 0 spiro atoms. The van der Waals surface area contributed by atoms with E-state index in [1.807, 2.05) is 20.2 Å². The summed E-state index contributed by atoms with van der Waals surface area (Å²) in [5, 5.41) is 15.4. The van der Waals surface area contributed by atoms with Crippen LogP contribution in [0.1, 0.15) is 18.3 Å². The van der Waals surface area contributed by atoms with Crippen LogP contribution in [-0.2, 0) is 19.3 Å². The van der Waals surface area contributed by atoms with Crippen LogP contribution in [-0.4, -0.2) is 61.8 Å². The first-order valence-electron chi connectivity index (χ1n) is 8.61. The fourth-order valence-corrected chi connectivity index (χ4v) is 2.82. The summed E-state index contributed by atoms with van der Waals surface area (Å²) in [5.74, 6) is 0.130. The van der Waals surface area contributed by atoms with Gasteiger partial charge in [0.05, 0.1) is 27.0 Å². The van der Waals surface area contributed by atoms with Crippen LogP contribution < -0.4 is 18.9 Å². The van der Waals surface area contributed by atoms with E-state index < -0.39 is 5.79 Å². The Morgan fingerprint density at radius 3 is 2.15 bits per heavy atom. The van der Waals surface area contributed by atoms with Crippen LogP contribution in [0.3, 0.4) is 0 Å². The maximum atomic E-state index is 11.0. The summed E-state index contributed by atoms with van der Waals surface area (Å²) in [5.41, 5.74) is 1.43. The topological polar surface area (TPSA) is 78.2 Å². The van der Waals surface area contributed by atoms with Crippen LogP contribution in [0.25, 0.3) is 0 Å². The molecule has 1 aromatic carbocycles. The summed E-state index contributed by atoms with van der Waals surface area (Å²) in [4.78, 5) is 2.08. The Hall–Kier alpha value is -2.45. The van der Waals surface area contributed by atoms with Crippen molar-refractivity contribution in [1.29, 1.82) is 0 Å². The van der Waals surface area contributed by atoms with Gasteiger partial charge in [-0.05, 0) is 20.2 Å². The molecule has 0 saturated heterocycles. The Morgan fingerprint density at radius 1 is 1.07 bits per heavy atom. The standard InChI is InChI=1S/C19H29N3O5/c1-19(23,17-10-13(20-22(17)4)8-9-21(2)3)27-14-11-15(24-5)18(26-7)16(12-14)25-6/h10-12,23H,8-9H2,1-7H3. The van der Waals surface area contributed by atoms with Crippen LogP contribution >= 0.6 is 0 Å². The molecule has 0 saturated carbocycles. The van der Waals surface area contributed by atoms with Gasteiger partial charge < -0.3 is 29.0 Å². The van der Waals surface area contributed by atoms with Crippen molar-refractivity contribution in [2.45, 2.75) is 19.1 Å². The van der Waals surface area contributed by atoms with Crippen LogP contribution in [0, 0.1) is 0 Å². The highest BCUT2D eigenvalue weighted by Crippen LogP contribution is 2.42. The van der Waals surface area contributed by atoms with E-state index in [1.165, 1.54) is 21.3 Å². The van der Waals surface area contributed by atoms with E-state index in [0.717, 1.165) is 18.7 Å². The van der Waals surface area contributed by atoms with Crippen molar-refractivity contribution in [2.24, 2.45) is 7.05 Å². The zero-order chi connectivity index (χ0) is 20.2. The lowest BCUT2D eigenvalue weighted by molar-refractivity contribution is -0.134. The fraction of sp³-hybridized carbons (Fsp3) is 0.526. The van der Waals surface area contributed by atoms with E-state index in [4.69, 9.17) is 18.9 Å². The third-order valence-corrected chi connectivity index (χ3v) is 4.18. The highest BCUT2D eigenvalue weighted by molar-refractivity contribution is 5.56. The molecule has 0 aliphatic carbocycles. The first-order chi connectivity index (χ1) is 12.7. The second kappa shape index (κ2) is 8.49. The minimum absolute atomic E-state index is 0.380. The molecule has 1 heterocycles. The number of hydrogen-bond donors (Lipinski definition) is 1. The van der Waals surface area contributed by atoms with Crippen molar-refractivity contribution < 1.29 is 24.1 Å². The second-order valence-electron chi connectivity index (χ2n) is 6.64. The second-order valence-corrected chi connectivity index (χ2v) is 6.64. The van der Waals surface area contributed by atoms with Gasteiger partial charge in [-0.2, -0.15) is 5.10 Å². The molecule has 0 radical (unpaired) electrons. The average molecular weight is 379 g/mol. The summed E-state index contributed by atoms with van der Waals surface area (Å²) in [7, 11) is 10.4. The van der Waals surface area contributed by atoms with Gasteiger partial charge in [0.2, 0.25) is 11.5 Å². The molecule has 0 bridgehead atoms. The molecule has 1 atom stereocenters. The number of methoxy groups -OCH3 is 3. The van der Waals surface area contributed by atoms with Crippen molar-refractivity contribution in [2.75, 3.05) is 42.0 Å². The number of rotatable bonds is 9. The van der Waals surface area contributed by atoms with Crippen molar-refractivity contribution in [3.63, 3.8) is 0 Å². The number of likely N-dealkylation sites (N-methyl/N-ethyl adjacent to an activating group) is 1. The molecule has 2 aromatic rings. The Morgan fingerprint density at radius 2 is 1.67 bits per heavy atom. The lowest BCUT2D eigenvalue weighted by Gasteiger charge is -2.25. The van der Waals surface area contributed by atoms with E-state index in [-0.39, 0.29) is 0 Å². The van der Waals surface area contributed by atoms with Crippen LogP contribution in [0.2, 0.25) is 0 Å². The Balaban J connectivity index is 2.30. The summed E-state index contributed by atoms with van der Waals surface area (Å²) in [6.45, 7) is 2.44. The number of benzene rings is 1. The summed E-state index contributed by atoms with van der Waals surface area (Å²) >= 11 is 0. The van der Waals surface area contributed by atoms with E-state index in [0.29, 0.717) is 28.7 Å². The number of nitrogens with zero attached hydrogens (tertiary/aromatic N) is 3. The van der Waals surface area contributed by atoms with Gasteiger partial charge in [0, 0.05) is 39.1 Å². The van der Waals surface area contributed by atoms with Crippen molar-refractivity contribution in [3.05, 3.63) is 29.6 Å². The highest BCUT2D eigenvalue weighted by atomic mass is 16.6. The van der Waals surface area contributed by atoms with Gasteiger partial charge in [0.1, 0.15) is 11.4 Å². The molecule has 0 fully saturated rings. The Labute approximate surface area is 160 Å². The number of aromatic nitrogens is 2. The van der Waals surface area contributed by atoms with Crippen molar-refractivity contribution >= 4 is 0 Å². The first kappa shape index (κ1) is 20.9. The lowest BCUT2D eigenvalue weighted by atomic mass is 10.2. The third kappa shape index (κ3) is 4.84. The van der Waals surface area contributed by atoms with E-state index >= 15 is 0 Å². The molecule has 8 heteroatoms. The first-order valence-corrected chi connectivity index (χ1v) is 8.61. The van der Waals surface area contributed by atoms with Gasteiger partial charge in [-0.25, -0.2) is 0 Å².